The molecule has 32 heavy (non-hydrogen) atoms. The second-order valence-corrected chi connectivity index (χ2v) is 8.91. The first-order chi connectivity index (χ1) is 15.0. The van der Waals surface area contributed by atoms with E-state index in [1.807, 2.05) is 61.7 Å². The maximum absolute atomic E-state index is 13.1. The van der Waals surface area contributed by atoms with Crippen LogP contribution in [0.3, 0.4) is 0 Å². The monoisotopic (exact) mass is 460 g/mol. The minimum absolute atomic E-state index is 0. The number of nitrogens with zero attached hydrogens (tertiary/aromatic N) is 1. The Hall–Kier alpha value is -2.30. The fraction of sp³-hybridized carbons (Fsp3) is 0.208. The molecule has 2 aromatic carbocycles. The molecule has 1 aromatic heterocycles. The van der Waals surface area contributed by atoms with Crippen molar-refractivity contribution in [2.24, 2.45) is 0 Å². The Morgan fingerprint density at radius 2 is 1.97 bits per heavy atom. The van der Waals surface area contributed by atoms with Crippen LogP contribution in [0.4, 0.5) is 0 Å². The quantitative estimate of drug-likeness (QED) is 0.457. The van der Waals surface area contributed by atoms with Gasteiger partial charge in [0.25, 0.3) is 5.91 Å². The number of hydrogen-bond acceptors (Lipinski definition) is 5. The summed E-state index contributed by atoms with van der Waals surface area (Å²) in [5.74, 6) is -0.753. The van der Waals surface area contributed by atoms with Gasteiger partial charge in [0.15, 0.2) is 0 Å². The van der Waals surface area contributed by atoms with Crippen LogP contribution in [0.25, 0.3) is 23.3 Å². The van der Waals surface area contributed by atoms with Gasteiger partial charge in [0.2, 0.25) is 0 Å². The SMILES string of the molecule is CSCCC(NC(=O)c1ccc(/C=C/c2cncs2)cc1-c1ccccc1C)C(=O)O.[LiH]. The second-order valence-electron chi connectivity index (χ2n) is 7.00. The Kier molecular flexibility index (Phi) is 10.3. The number of hydrogen-bond donors (Lipinski definition) is 2. The summed E-state index contributed by atoms with van der Waals surface area (Å²) in [6.07, 6.45) is 8.05. The van der Waals surface area contributed by atoms with Gasteiger partial charge in [-0.25, -0.2) is 4.79 Å². The van der Waals surface area contributed by atoms with E-state index in [0.717, 1.165) is 27.1 Å². The first-order valence-corrected chi connectivity index (χ1v) is 12.1. The van der Waals surface area contributed by atoms with E-state index in [9.17, 15) is 14.7 Å². The summed E-state index contributed by atoms with van der Waals surface area (Å²) in [6.45, 7) is 2.00. The molecular formula is C24H25LiN2O3S2. The van der Waals surface area contributed by atoms with Crippen LogP contribution < -0.4 is 5.32 Å². The molecule has 5 nitrogen and oxygen atoms in total. The maximum atomic E-state index is 13.1. The van der Waals surface area contributed by atoms with E-state index in [4.69, 9.17) is 0 Å². The van der Waals surface area contributed by atoms with Gasteiger partial charge < -0.3 is 10.4 Å². The Morgan fingerprint density at radius 3 is 2.62 bits per heavy atom. The molecule has 0 saturated heterocycles. The Bertz CT molecular complexity index is 1080. The molecule has 3 rings (SSSR count). The predicted molar refractivity (Wildman–Crippen MR) is 137 cm³/mol. The fourth-order valence-electron chi connectivity index (χ4n) is 3.18. The van der Waals surface area contributed by atoms with E-state index < -0.39 is 12.0 Å². The topological polar surface area (TPSA) is 79.3 Å². The number of rotatable bonds is 9. The summed E-state index contributed by atoms with van der Waals surface area (Å²) in [6, 6.07) is 12.5. The number of carboxylic acid groups (broad SMARTS) is 1. The van der Waals surface area contributed by atoms with Gasteiger partial charge in [-0.1, -0.05) is 36.4 Å². The van der Waals surface area contributed by atoms with Gasteiger partial charge >= 0.3 is 24.8 Å². The molecule has 0 saturated carbocycles. The molecule has 3 aromatic rings. The number of carbonyl (C=O) groups is 2. The molecule has 8 heteroatoms. The third-order valence-corrected chi connectivity index (χ3v) is 6.21. The number of nitrogens with one attached hydrogen (secondary N) is 1. The molecule has 0 fully saturated rings. The van der Waals surface area contributed by atoms with Crippen LogP contribution >= 0.6 is 23.1 Å². The van der Waals surface area contributed by atoms with Crippen LogP contribution in [0.15, 0.2) is 54.2 Å². The normalized spacial score (nSPS) is 11.7. The van der Waals surface area contributed by atoms with Gasteiger partial charge in [-0.3, -0.25) is 9.78 Å². The third-order valence-electron chi connectivity index (χ3n) is 4.83. The van der Waals surface area contributed by atoms with Crippen LogP contribution in [-0.4, -0.2) is 58.9 Å². The summed E-state index contributed by atoms with van der Waals surface area (Å²) in [5, 5.41) is 12.2. The van der Waals surface area contributed by atoms with Crippen molar-refractivity contribution in [3.63, 3.8) is 0 Å². The summed E-state index contributed by atoms with van der Waals surface area (Å²) >= 11 is 3.10. The standard InChI is InChI=1S/C24H24N2O3S2.Li.H/c1-16-5-3-4-6-19(16)21-13-17(7-9-18-14-25-15-31-18)8-10-20(21)23(27)26-22(24(28)29)11-12-30-2;;/h3-10,13-15,22H,11-12H2,1-2H3,(H,26,27)(H,28,29);;/b9-7+;;. The van der Waals surface area contributed by atoms with Crippen molar-refractivity contribution in [3.05, 3.63) is 75.7 Å². The van der Waals surface area contributed by atoms with Crippen molar-refractivity contribution in [2.45, 2.75) is 19.4 Å². The molecule has 0 aliphatic carbocycles. The van der Waals surface area contributed by atoms with Crippen LogP contribution in [-0.2, 0) is 4.79 Å². The summed E-state index contributed by atoms with van der Waals surface area (Å²) < 4.78 is 0. The van der Waals surface area contributed by atoms with Gasteiger partial charge in [-0.2, -0.15) is 11.8 Å². The van der Waals surface area contributed by atoms with Gasteiger partial charge in [-0.15, -0.1) is 11.3 Å². The van der Waals surface area contributed by atoms with Crippen LogP contribution in [0.5, 0.6) is 0 Å². The van der Waals surface area contributed by atoms with Gasteiger partial charge in [0.05, 0.1) is 5.51 Å². The third kappa shape index (κ3) is 6.85. The predicted octanol–water partition coefficient (Wildman–Crippen LogP) is 4.58. The molecular weight excluding hydrogens is 435 g/mol. The van der Waals surface area contributed by atoms with Gasteiger partial charge in [0.1, 0.15) is 6.04 Å². The minimum atomic E-state index is -1.02. The molecule has 1 unspecified atom stereocenters. The zero-order chi connectivity index (χ0) is 22.2. The average molecular weight is 461 g/mol. The number of carboxylic acids is 1. The first-order valence-electron chi connectivity index (χ1n) is 9.79. The first kappa shape index (κ1) is 26.0. The Balaban J connectivity index is 0.00000363. The molecule has 0 aliphatic rings. The van der Waals surface area contributed by atoms with E-state index in [-0.39, 0.29) is 24.8 Å². The Labute approximate surface area is 208 Å². The number of benzene rings is 2. The second kappa shape index (κ2) is 12.7. The van der Waals surface area contributed by atoms with Crippen LogP contribution in [0, 0.1) is 6.92 Å². The van der Waals surface area contributed by atoms with Crippen molar-refractivity contribution in [3.8, 4) is 11.1 Å². The number of aliphatic carboxylic acids is 1. The van der Waals surface area contributed by atoms with Gasteiger partial charge in [0, 0.05) is 16.6 Å². The number of thiazole rings is 1. The molecule has 0 radical (unpaired) electrons. The number of thioether (sulfide) groups is 1. The van der Waals surface area contributed by atoms with Gasteiger partial charge in [-0.05, 0) is 65.8 Å². The zero-order valence-electron chi connectivity index (χ0n) is 17.4. The van der Waals surface area contributed by atoms with E-state index in [2.05, 4.69) is 10.3 Å². The number of carbonyl (C=O) groups excluding carboxylic acids is 1. The van der Waals surface area contributed by atoms with Crippen LogP contribution in [0.2, 0.25) is 0 Å². The number of aryl methyl sites for hydroxylation is 1. The number of amides is 1. The zero-order valence-corrected chi connectivity index (χ0v) is 19.0. The average Bonchev–Trinajstić information content (AvgIpc) is 3.29. The molecule has 0 bridgehead atoms. The van der Waals surface area contributed by atoms with Crippen molar-refractivity contribution in [2.75, 3.05) is 12.0 Å². The van der Waals surface area contributed by atoms with Crippen molar-refractivity contribution in [1.29, 1.82) is 0 Å². The Morgan fingerprint density at radius 1 is 1.19 bits per heavy atom. The van der Waals surface area contributed by atoms with Crippen molar-refractivity contribution in [1.82, 2.24) is 10.3 Å². The van der Waals surface area contributed by atoms with E-state index in [1.54, 1.807) is 40.9 Å². The summed E-state index contributed by atoms with van der Waals surface area (Å²) in [4.78, 5) is 29.8. The van der Waals surface area contributed by atoms with E-state index in [0.29, 0.717) is 17.7 Å². The van der Waals surface area contributed by atoms with E-state index in [1.165, 1.54) is 0 Å². The number of aromatic nitrogens is 1. The summed E-state index contributed by atoms with van der Waals surface area (Å²) in [5.41, 5.74) is 5.94. The molecule has 1 amide bonds. The van der Waals surface area contributed by atoms with Crippen molar-refractivity contribution >= 4 is 66.0 Å². The molecule has 0 aliphatic heterocycles. The molecule has 2 N–H and O–H groups in total. The molecule has 1 heterocycles. The fourth-order valence-corrected chi connectivity index (χ4v) is 4.16. The van der Waals surface area contributed by atoms with Crippen molar-refractivity contribution < 1.29 is 14.7 Å². The molecule has 0 spiro atoms. The van der Waals surface area contributed by atoms with Crippen LogP contribution in [0.1, 0.15) is 32.8 Å². The molecule has 162 valence electrons. The van der Waals surface area contributed by atoms with E-state index >= 15 is 0 Å². The molecule has 1 atom stereocenters. The summed E-state index contributed by atoms with van der Waals surface area (Å²) in [7, 11) is 0.